The quantitative estimate of drug-likeness (QED) is 0.538. The molecule has 1 amide bonds. The van der Waals surface area contributed by atoms with Crippen LogP contribution in [0.4, 0.5) is 0 Å². The van der Waals surface area contributed by atoms with Crippen LogP contribution in [0.1, 0.15) is 27.9 Å². The largest absolute Gasteiger partial charge is 0.488 e. The minimum absolute atomic E-state index is 0.143. The number of hydrogen-bond acceptors (Lipinski definition) is 6. The molecular formula is C22H20N2O5S. The average molecular weight is 424 g/mol. The molecule has 0 aliphatic carbocycles. The molecule has 0 bridgehead atoms. The van der Waals surface area contributed by atoms with E-state index in [1.807, 2.05) is 18.2 Å². The van der Waals surface area contributed by atoms with Gasteiger partial charge in [0.1, 0.15) is 24.7 Å². The average Bonchev–Trinajstić information content (AvgIpc) is 3.32. The number of benzene rings is 2. The number of nitrogens with two attached hydrogens (primary N) is 1. The number of thiophene rings is 1. The molecule has 154 valence electrons. The highest BCUT2D eigenvalue weighted by Gasteiger charge is 2.36. The SMILES string of the molecule is NC(CC(C=O)N1Cc2c(OCc3csc4ccccc34)cccc2C1=O)C(=O)O. The first kappa shape index (κ1) is 20.1. The molecule has 1 aliphatic rings. The maximum Gasteiger partial charge on any atom is 0.320 e. The maximum absolute atomic E-state index is 12.8. The van der Waals surface area contributed by atoms with Gasteiger partial charge in [-0.3, -0.25) is 9.59 Å². The number of carbonyl (C=O) groups is 3. The van der Waals surface area contributed by atoms with Crippen molar-refractivity contribution in [3.05, 3.63) is 64.5 Å². The molecule has 0 spiro atoms. The molecule has 2 aromatic carbocycles. The molecule has 7 nitrogen and oxygen atoms in total. The molecule has 2 heterocycles. The number of hydrogen-bond donors (Lipinski definition) is 2. The Hall–Kier alpha value is -3.23. The Kier molecular flexibility index (Phi) is 5.52. The summed E-state index contributed by atoms with van der Waals surface area (Å²) in [7, 11) is 0. The van der Waals surface area contributed by atoms with Crippen LogP contribution in [0.15, 0.2) is 47.8 Å². The van der Waals surface area contributed by atoms with Crippen LogP contribution in [0.5, 0.6) is 5.75 Å². The van der Waals surface area contributed by atoms with Crippen molar-refractivity contribution in [2.75, 3.05) is 0 Å². The number of carbonyl (C=O) groups excluding carboxylic acids is 2. The van der Waals surface area contributed by atoms with Gasteiger partial charge in [0.15, 0.2) is 0 Å². The minimum Gasteiger partial charge on any atom is -0.488 e. The molecule has 2 atom stereocenters. The highest BCUT2D eigenvalue weighted by molar-refractivity contribution is 7.17. The minimum atomic E-state index is -1.22. The molecule has 3 aromatic rings. The molecule has 1 aromatic heterocycles. The number of fused-ring (bicyclic) bond motifs is 2. The van der Waals surface area contributed by atoms with Crippen molar-refractivity contribution in [1.29, 1.82) is 0 Å². The normalized spacial score (nSPS) is 15.1. The fourth-order valence-corrected chi connectivity index (χ4v) is 4.59. The summed E-state index contributed by atoms with van der Waals surface area (Å²) < 4.78 is 7.23. The summed E-state index contributed by atoms with van der Waals surface area (Å²) in [5.74, 6) is -0.963. The van der Waals surface area contributed by atoms with Gasteiger partial charge in [-0.1, -0.05) is 24.3 Å². The number of nitrogens with zero attached hydrogens (tertiary/aromatic N) is 1. The lowest BCUT2D eigenvalue weighted by Gasteiger charge is -2.24. The van der Waals surface area contributed by atoms with Gasteiger partial charge in [-0.15, -0.1) is 11.3 Å². The van der Waals surface area contributed by atoms with Crippen LogP contribution in [0.3, 0.4) is 0 Å². The van der Waals surface area contributed by atoms with Gasteiger partial charge in [0.05, 0.1) is 12.6 Å². The third-order valence-electron chi connectivity index (χ3n) is 5.27. The predicted molar refractivity (Wildman–Crippen MR) is 113 cm³/mol. The van der Waals surface area contributed by atoms with E-state index in [1.54, 1.807) is 29.5 Å². The molecule has 4 rings (SSSR count). The summed E-state index contributed by atoms with van der Waals surface area (Å²) in [6.07, 6.45) is 0.431. The Bertz CT molecular complexity index is 1130. The van der Waals surface area contributed by atoms with Gasteiger partial charge in [0.2, 0.25) is 0 Å². The zero-order chi connectivity index (χ0) is 21.3. The van der Waals surface area contributed by atoms with Crippen molar-refractivity contribution in [2.24, 2.45) is 5.73 Å². The maximum atomic E-state index is 12.8. The van der Waals surface area contributed by atoms with E-state index in [2.05, 4.69) is 11.4 Å². The third-order valence-corrected chi connectivity index (χ3v) is 6.28. The van der Waals surface area contributed by atoms with Crippen LogP contribution in [0.25, 0.3) is 10.1 Å². The van der Waals surface area contributed by atoms with Gasteiger partial charge in [-0.2, -0.15) is 0 Å². The number of ether oxygens (including phenoxy) is 1. The number of carboxylic acid groups (broad SMARTS) is 1. The van der Waals surface area contributed by atoms with E-state index in [1.165, 1.54) is 9.60 Å². The van der Waals surface area contributed by atoms with E-state index in [9.17, 15) is 14.4 Å². The topological polar surface area (TPSA) is 110 Å². The Morgan fingerprint density at radius 2 is 2.07 bits per heavy atom. The van der Waals surface area contributed by atoms with Crippen LogP contribution in [0.2, 0.25) is 0 Å². The van der Waals surface area contributed by atoms with Crippen LogP contribution < -0.4 is 10.5 Å². The van der Waals surface area contributed by atoms with Gasteiger partial charge in [-0.05, 0) is 29.0 Å². The Morgan fingerprint density at radius 1 is 1.27 bits per heavy atom. The van der Waals surface area contributed by atoms with E-state index in [4.69, 9.17) is 15.6 Å². The molecule has 0 fully saturated rings. The summed E-state index contributed by atoms with van der Waals surface area (Å²) in [4.78, 5) is 36.8. The Labute approximate surface area is 176 Å². The van der Waals surface area contributed by atoms with E-state index >= 15 is 0 Å². The van der Waals surface area contributed by atoms with E-state index < -0.39 is 18.1 Å². The van der Waals surface area contributed by atoms with Crippen LogP contribution in [-0.4, -0.2) is 40.3 Å². The van der Waals surface area contributed by atoms with Crippen molar-refractivity contribution in [3.8, 4) is 5.75 Å². The molecule has 8 heteroatoms. The molecule has 30 heavy (non-hydrogen) atoms. The molecule has 2 unspecified atom stereocenters. The first-order valence-corrected chi connectivity index (χ1v) is 10.3. The van der Waals surface area contributed by atoms with Gasteiger partial charge < -0.3 is 25.3 Å². The van der Waals surface area contributed by atoms with E-state index in [-0.39, 0.29) is 18.9 Å². The van der Waals surface area contributed by atoms with Crippen molar-refractivity contribution < 1.29 is 24.2 Å². The van der Waals surface area contributed by atoms with Gasteiger partial charge in [0, 0.05) is 27.8 Å². The summed E-state index contributed by atoms with van der Waals surface area (Å²) in [5.41, 5.74) is 7.78. The number of amides is 1. The van der Waals surface area contributed by atoms with Crippen molar-refractivity contribution in [2.45, 2.75) is 31.7 Å². The lowest BCUT2D eigenvalue weighted by Crippen LogP contribution is -2.43. The van der Waals surface area contributed by atoms with Crippen molar-refractivity contribution in [3.63, 3.8) is 0 Å². The molecule has 0 radical (unpaired) electrons. The van der Waals surface area contributed by atoms with E-state index in [0.29, 0.717) is 29.8 Å². The molecular weight excluding hydrogens is 404 g/mol. The van der Waals surface area contributed by atoms with Gasteiger partial charge >= 0.3 is 5.97 Å². The monoisotopic (exact) mass is 424 g/mol. The van der Waals surface area contributed by atoms with Crippen molar-refractivity contribution in [1.82, 2.24) is 4.90 Å². The smallest absolute Gasteiger partial charge is 0.320 e. The zero-order valence-corrected chi connectivity index (χ0v) is 16.8. The molecule has 0 saturated heterocycles. The number of rotatable bonds is 8. The first-order chi connectivity index (χ1) is 14.5. The standard InChI is InChI=1S/C22H20N2O5S/c23-18(22(27)28)8-14(10-25)24-9-17-16(21(24)26)5-3-6-19(17)29-11-13-12-30-20-7-2-1-4-15(13)20/h1-7,10,12,14,18H,8-9,11,23H2,(H,27,28). The van der Waals surface area contributed by atoms with Crippen LogP contribution >= 0.6 is 11.3 Å². The second kappa shape index (κ2) is 8.25. The fraction of sp³-hybridized carbons (Fsp3) is 0.227. The zero-order valence-electron chi connectivity index (χ0n) is 16.0. The number of aliphatic carboxylic acids is 1. The summed E-state index contributed by atoms with van der Waals surface area (Å²) in [6, 6.07) is 11.2. The van der Waals surface area contributed by atoms with Crippen LogP contribution in [0, 0.1) is 0 Å². The van der Waals surface area contributed by atoms with Gasteiger partial charge in [0.25, 0.3) is 5.91 Å². The van der Waals surface area contributed by atoms with Crippen molar-refractivity contribution >= 4 is 39.6 Å². The number of aldehydes is 1. The molecule has 3 N–H and O–H groups in total. The summed E-state index contributed by atoms with van der Waals surface area (Å²) in [5, 5.41) is 12.2. The summed E-state index contributed by atoms with van der Waals surface area (Å²) in [6.45, 7) is 0.528. The highest BCUT2D eigenvalue weighted by Crippen LogP contribution is 2.34. The predicted octanol–water partition coefficient (Wildman–Crippen LogP) is 2.81. The third kappa shape index (κ3) is 3.67. The lowest BCUT2D eigenvalue weighted by molar-refractivity contribution is -0.139. The van der Waals surface area contributed by atoms with E-state index in [0.717, 1.165) is 10.9 Å². The second-order valence-corrected chi connectivity index (χ2v) is 8.06. The Morgan fingerprint density at radius 3 is 2.83 bits per heavy atom. The first-order valence-electron chi connectivity index (χ1n) is 9.44. The lowest BCUT2D eigenvalue weighted by atomic mass is 10.1. The summed E-state index contributed by atoms with van der Waals surface area (Å²) >= 11 is 1.65. The van der Waals surface area contributed by atoms with Gasteiger partial charge in [-0.25, -0.2) is 0 Å². The second-order valence-electron chi connectivity index (χ2n) is 7.14. The number of carboxylic acids is 1. The Balaban J connectivity index is 1.54. The van der Waals surface area contributed by atoms with Crippen LogP contribution in [-0.2, 0) is 22.7 Å². The molecule has 1 aliphatic heterocycles. The molecule has 0 saturated carbocycles. The fourth-order valence-electron chi connectivity index (χ4n) is 3.65. The highest BCUT2D eigenvalue weighted by atomic mass is 32.1.